The zero-order valence-electron chi connectivity index (χ0n) is 20.5. The molecule has 0 aliphatic rings. The minimum Gasteiger partial charge on any atom is -0.385 e. The van der Waals surface area contributed by atoms with Crippen molar-refractivity contribution in [2.75, 3.05) is 72.2 Å². The van der Waals surface area contributed by atoms with Crippen molar-refractivity contribution in [2.24, 2.45) is 5.11 Å². The molecule has 0 aliphatic heterocycles. The molecule has 0 spiro atoms. The Morgan fingerprint density at radius 1 is 1.08 bits per heavy atom. The number of hydrogen-bond donors (Lipinski definition) is 1. The number of sulfone groups is 1. The van der Waals surface area contributed by atoms with Gasteiger partial charge in [-0.25, -0.2) is 8.42 Å². The van der Waals surface area contributed by atoms with Crippen LogP contribution in [0.15, 0.2) is 28.2 Å². The maximum atomic E-state index is 13.4. The van der Waals surface area contributed by atoms with E-state index in [-0.39, 0.29) is 50.2 Å². The number of methoxy groups -OCH3 is 1. The lowest BCUT2D eigenvalue weighted by Crippen LogP contribution is -2.30. The number of nitrogens with zero attached hydrogens (tertiary/aromatic N) is 3. The number of nitrogens with one attached hydrogen (secondary N) is 1. The number of carbonyl (C=O) groups excluding carboxylic acids is 1. The van der Waals surface area contributed by atoms with Gasteiger partial charge in [-0.1, -0.05) is 5.11 Å². The Labute approximate surface area is 214 Å². The van der Waals surface area contributed by atoms with Crippen molar-refractivity contribution in [1.29, 1.82) is 0 Å². The van der Waals surface area contributed by atoms with E-state index in [1.165, 1.54) is 13.5 Å². The summed E-state index contributed by atoms with van der Waals surface area (Å²) in [6, 6.07) is 2.20. The van der Waals surface area contributed by atoms with Crippen LogP contribution in [0.3, 0.4) is 0 Å². The number of rotatable bonds is 20. The molecule has 1 amide bonds. The first kappa shape index (κ1) is 32.6. The molecule has 1 aromatic rings. The van der Waals surface area contributed by atoms with Crippen molar-refractivity contribution >= 4 is 15.7 Å². The highest BCUT2D eigenvalue weighted by Crippen LogP contribution is 2.33. The summed E-state index contributed by atoms with van der Waals surface area (Å²) in [6.45, 7) is 1.88. The van der Waals surface area contributed by atoms with Crippen LogP contribution in [-0.2, 0) is 35.0 Å². The molecule has 1 aromatic carbocycles. The van der Waals surface area contributed by atoms with Crippen LogP contribution in [0, 0.1) is 6.42 Å². The fraction of sp³-hybridized carbons (Fsp3) is 0.636. The van der Waals surface area contributed by atoms with E-state index in [0.717, 1.165) is 12.1 Å². The number of azide groups is 1. The van der Waals surface area contributed by atoms with Crippen LogP contribution in [-0.4, -0.2) is 86.5 Å². The van der Waals surface area contributed by atoms with Gasteiger partial charge in [0.25, 0.3) is 5.91 Å². The normalized spacial score (nSPS) is 11.8. The van der Waals surface area contributed by atoms with Crippen LogP contribution in [0.2, 0.25) is 0 Å². The maximum Gasteiger partial charge on any atom is 0.417 e. The number of alkyl halides is 3. The highest BCUT2D eigenvalue weighted by Gasteiger charge is 2.36. The van der Waals surface area contributed by atoms with E-state index < -0.39 is 33.0 Å². The molecule has 0 bridgehead atoms. The van der Waals surface area contributed by atoms with E-state index >= 15 is 0 Å². The van der Waals surface area contributed by atoms with Gasteiger partial charge in [-0.2, -0.15) is 13.2 Å². The Hall–Kier alpha value is -2.42. The highest BCUT2D eigenvalue weighted by atomic mass is 32.2. The van der Waals surface area contributed by atoms with Crippen molar-refractivity contribution < 1.29 is 45.3 Å². The second-order valence-electron chi connectivity index (χ2n) is 7.46. The molecule has 0 saturated heterocycles. The Morgan fingerprint density at radius 2 is 1.73 bits per heavy atom. The number of halogens is 3. The quantitative estimate of drug-likeness (QED) is 0.113. The summed E-state index contributed by atoms with van der Waals surface area (Å²) < 4.78 is 86.0. The Bertz CT molecular complexity index is 972. The minimum absolute atomic E-state index is 0.00748. The molecule has 0 fully saturated rings. The van der Waals surface area contributed by atoms with Gasteiger partial charge >= 0.3 is 6.18 Å². The molecule has 1 rings (SSSR count). The number of ether oxygens (including phenoxy) is 4. The monoisotopic (exact) mass is 553 g/mol. The summed E-state index contributed by atoms with van der Waals surface area (Å²) in [6.07, 6.45) is -2.28. The molecule has 0 heterocycles. The minimum atomic E-state index is -4.85. The van der Waals surface area contributed by atoms with Gasteiger partial charge in [0.2, 0.25) is 0 Å². The van der Waals surface area contributed by atoms with E-state index in [9.17, 15) is 26.4 Å². The standard InChI is InChI=1S/C22H32F3N4O7S/c1-33-9-3-2-4-16-37(31,32)18-5-6-20(22(23,24)25)19(17-18)21(30)27-7-10-34-12-14-36-15-13-35-11-8-28-29-26/h4-6,17H,2-3,7-16H2,1H3,(H,27,30). The molecule has 0 aliphatic carbocycles. The number of unbranched alkanes of at least 4 members (excludes halogenated alkanes) is 2. The summed E-state index contributed by atoms with van der Waals surface area (Å²) in [5, 5.41) is 5.62. The molecule has 11 nitrogen and oxygen atoms in total. The smallest absolute Gasteiger partial charge is 0.385 e. The lowest BCUT2D eigenvalue weighted by molar-refractivity contribution is -0.138. The van der Waals surface area contributed by atoms with Gasteiger partial charge in [-0.3, -0.25) is 4.79 Å². The second kappa shape index (κ2) is 17.9. The topological polar surface area (TPSA) is 149 Å². The van der Waals surface area contributed by atoms with Gasteiger partial charge in [0, 0.05) is 31.7 Å². The summed E-state index contributed by atoms with van der Waals surface area (Å²) in [7, 11) is -2.41. The van der Waals surface area contributed by atoms with Gasteiger partial charge in [0.1, 0.15) is 0 Å². The number of hydrogen-bond acceptors (Lipinski definition) is 8. The van der Waals surface area contributed by atoms with Crippen LogP contribution in [0.1, 0.15) is 28.8 Å². The van der Waals surface area contributed by atoms with Gasteiger partial charge < -0.3 is 24.3 Å². The zero-order chi connectivity index (χ0) is 27.6. The van der Waals surface area contributed by atoms with E-state index in [4.69, 9.17) is 24.5 Å². The fourth-order valence-electron chi connectivity index (χ4n) is 2.88. The van der Waals surface area contributed by atoms with Crippen LogP contribution >= 0.6 is 0 Å². The third kappa shape index (κ3) is 13.6. The van der Waals surface area contributed by atoms with E-state index in [1.807, 2.05) is 0 Å². The molecule has 37 heavy (non-hydrogen) atoms. The van der Waals surface area contributed by atoms with Crippen LogP contribution in [0.4, 0.5) is 13.2 Å². The van der Waals surface area contributed by atoms with Crippen molar-refractivity contribution in [2.45, 2.75) is 23.9 Å². The SMILES string of the molecule is COCCC[CH]CS(=O)(=O)c1ccc(C(F)(F)F)c(C(=O)NCCOCCOCCOCCN=[N+]=[N-])c1. The molecule has 0 unspecified atom stereocenters. The third-order valence-corrected chi connectivity index (χ3v) is 6.32. The molecule has 1 radical (unpaired) electrons. The summed E-state index contributed by atoms with van der Waals surface area (Å²) in [5.74, 6) is -1.44. The summed E-state index contributed by atoms with van der Waals surface area (Å²) in [4.78, 5) is 14.7. The van der Waals surface area contributed by atoms with Crippen molar-refractivity contribution in [1.82, 2.24) is 5.32 Å². The van der Waals surface area contributed by atoms with Gasteiger partial charge in [0.05, 0.1) is 61.4 Å². The van der Waals surface area contributed by atoms with E-state index in [1.54, 1.807) is 0 Å². The Kier molecular flexibility index (Phi) is 15.8. The Balaban J connectivity index is 2.53. The first-order chi connectivity index (χ1) is 17.6. The maximum absolute atomic E-state index is 13.4. The lowest BCUT2D eigenvalue weighted by Gasteiger charge is -2.15. The molecular formula is C22H32F3N4O7S. The summed E-state index contributed by atoms with van der Waals surface area (Å²) in [5.41, 5.74) is 6.10. The average molecular weight is 554 g/mol. The molecule has 15 heteroatoms. The van der Waals surface area contributed by atoms with E-state index in [2.05, 4.69) is 15.3 Å². The third-order valence-electron chi connectivity index (χ3n) is 4.67. The molecule has 0 aromatic heterocycles. The predicted molar refractivity (Wildman–Crippen MR) is 128 cm³/mol. The predicted octanol–water partition coefficient (Wildman–Crippen LogP) is 3.20. The van der Waals surface area contributed by atoms with Crippen molar-refractivity contribution in [3.8, 4) is 0 Å². The largest absolute Gasteiger partial charge is 0.417 e. The van der Waals surface area contributed by atoms with Crippen molar-refractivity contribution in [3.05, 3.63) is 46.2 Å². The fourth-order valence-corrected chi connectivity index (χ4v) is 4.12. The first-order valence-corrected chi connectivity index (χ1v) is 13.1. The second-order valence-corrected chi connectivity index (χ2v) is 9.49. The Morgan fingerprint density at radius 3 is 2.35 bits per heavy atom. The molecular weight excluding hydrogens is 521 g/mol. The highest BCUT2D eigenvalue weighted by molar-refractivity contribution is 7.91. The number of benzene rings is 1. The number of carbonyl (C=O) groups is 1. The van der Waals surface area contributed by atoms with Crippen LogP contribution in [0.5, 0.6) is 0 Å². The van der Waals surface area contributed by atoms with Crippen molar-refractivity contribution in [3.63, 3.8) is 0 Å². The van der Waals surface area contributed by atoms with E-state index in [0.29, 0.717) is 38.7 Å². The lowest BCUT2D eigenvalue weighted by atomic mass is 10.1. The van der Waals surface area contributed by atoms with Crippen LogP contribution < -0.4 is 5.32 Å². The first-order valence-electron chi connectivity index (χ1n) is 11.4. The van der Waals surface area contributed by atoms with Gasteiger partial charge in [0.15, 0.2) is 9.84 Å². The molecule has 209 valence electrons. The number of amides is 1. The van der Waals surface area contributed by atoms with Gasteiger partial charge in [-0.15, -0.1) is 0 Å². The van der Waals surface area contributed by atoms with Crippen LogP contribution in [0.25, 0.3) is 10.4 Å². The van der Waals surface area contributed by atoms with Gasteiger partial charge in [-0.05, 0) is 43.0 Å². The zero-order valence-corrected chi connectivity index (χ0v) is 21.4. The summed E-state index contributed by atoms with van der Waals surface area (Å²) >= 11 is 0. The molecule has 0 atom stereocenters. The molecule has 1 N–H and O–H groups in total. The average Bonchev–Trinajstić information content (AvgIpc) is 2.85. The molecule has 0 saturated carbocycles.